The summed E-state index contributed by atoms with van der Waals surface area (Å²) >= 11 is 5.91. The van der Waals surface area contributed by atoms with Gasteiger partial charge in [-0.1, -0.05) is 23.7 Å². The third-order valence-electron chi connectivity index (χ3n) is 5.27. The van der Waals surface area contributed by atoms with Crippen LogP contribution in [0.2, 0.25) is 5.02 Å². The zero-order chi connectivity index (χ0) is 17.2. The molecule has 0 radical (unpaired) electrons. The Labute approximate surface area is 145 Å². The van der Waals surface area contributed by atoms with Gasteiger partial charge < -0.3 is 15.3 Å². The van der Waals surface area contributed by atoms with E-state index in [-0.39, 0.29) is 25.0 Å². The van der Waals surface area contributed by atoms with Gasteiger partial charge in [0, 0.05) is 10.9 Å². The van der Waals surface area contributed by atoms with Crippen molar-refractivity contribution in [2.24, 2.45) is 11.8 Å². The lowest BCUT2D eigenvalue weighted by Crippen LogP contribution is -2.51. The molecule has 0 amide bonds. The minimum atomic E-state index is -1.04. The minimum Gasteiger partial charge on any atom is -0.394 e. The molecule has 1 aliphatic carbocycles. The Bertz CT molecular complexity index is 644. The Balaban J connectivity index is 1.79. The van der Waals surface area contributed by atoms with Crippen molar-refractivity contribution in [1.82, 2.24) is 14.8 Å². The molecule has 0 bridgehead atoms. The van der Waals surface area contributed by atoms with E-state index in [4.69, 9.17) is 11.6 Å². The number of halogens is 1. The van der Waals surface area contributed by atoms with Gasteiger partial charge in [-0.05, 0) is 42.9 Å². The van der Waals surface area contributed by atoms with Crippen molar-refractivity contribution in [2.75, 3.05) is 13.2 Å². The molecule has 0 saturated heterocycles. The first-order valence-corrected chi connectivity index (χ1v) is 8.48. The van der Waals surface area contributed by atoms with Gasteiger partial charge in [-0.15, -0.1) is 0 Å². The maximum atomic E-state index is 10.9. The molecule has 24 heavy (non-hydrogen) atoms. The van der Waals surface area contributed by atoms with Gasteiger partial charge in [0.2, 0.25) is 0 Å². The van der Waals surface area contributed by atoms with Crippen LogP contribution in [0.15, 0.2) is 36.9 Å². The van der Waals surface area contributed by atoms with Crippen LogP contribution in [-0.4, -0.2) is 49.4 Å². The number of benzene rings is 1. The van der Waals surface area contributed by atoms with Crippen molar-refractivity contribution in [3.63, 3.8) is 0 Å². The van der Waals surface area contributed by atoms with Gasteiger partial charge >= 0.3 is 0 Å². The Morgan fingerprint density at radius 3 is 2.46 bits per heavy atom. The van der Waals surface area contributed by atoms with Crippen LogP contribution in [0.1, 0.15) is 18.4 Å². The Kier molecular flexibility index (Phi) is 5.20. The van der Waals surface area contributed by atoms with Crippen molar-refractivity contribution in [1.29, 1.82) is 0 Å². The van der Waals surface area contributed by atoms with Gasteiger partial charge in [0.15, 0.2) is 0 Å². The summed E-state index contributed by atoms with van der Waals surface area (Å²) in [6, 6.07) is 7.62. The zero-order valence-electron chi connectivity index (χ0n) is 13.3. The molecule has 3 N–H and O–H groups in total. The summed E-state index contributed by atoms with van der Waals surface area (Å²) in [5.74, 6) is -0.219. The summed E-state index contributed by atoms with van der Waals surface area (Å²) in [6.45, 7) is -0.607. The average Bonchev–Trinajstić information content (AvgIpc) is 3.25. The van der Waals surface area contributed by atoms with E-state index in [0.29, 0.717) is 11.4 Å². The molecule has 3 atom stereocenters. The molecule has 3 unspecified atom stereocenters. The molecule has 1 aromatic carbocycles. The highest BCUT2D eigenvalue weighted by Gasteiger charge is 2.49. The largest absolute Gasteiger partial charge is 0.394 e. The fourth-order valence-electron chi connectivity index (χ4n) is 3.83. The molecular formula is C17H22ClN3O3. The Hall–Kier alpha value is -1.47. The standard InChI is InChI=1S/C17H22ClN3O3/c18-14-4-1-12(2-5-14)7-13-3-6-15(16(13)24)17(8-22,9-23)21-11-19-10-20-21/h1-2,4-5,10-11,13,15-16,22-24H,3,6-9H2. The second-order valence-electron chi connectivity index (χ2n) is 6.52. The number of rotatable bonds is 6. The fourth-order valence-corrected chi connectivity index (χ4v) is 3.96. The quantitative estimate of drug-likeness (QED) is 0.728. The van der Waals surface area contributed by atoms with Crippen molar-refractivity contribution in [3.8, 4) is 0 Å². The highest BCUT2D eigenvalue weighted by Crippen LogP contribution is 2.42. The van der Waals surface area contributed by atoms with Gasteiger partial charge in [0.1, 0.15) is 18.2 Å². The smallest absolute Gasteiger partial charge is 0.137 e. The number of aliphatic hydroxyl groups is 3. The average molecular weight is 352 g/mol. The molecular weight excluding hydrogens is 330 g/mol. The first-order valence-electron chi connectivity index (χ1n) is 8.10. The van der Waals surface area contributed by atoms with Crippen LogP contribution in [0.5, 0.6) is 0 Å². The number of hydrogen-bond acceptors (Lipinski definition) is 5. The summed E-state index contributed by atoms with van der Waals surface area (Å²) in [7, 11) is 0. The molecule has 2 aromatic rings. The molecule has 1 saturated carbocycles. The van der Waals surface area contributed by atoms with E-state index in [1.54, 1.807) is 0 Å². The third-order valence-corrected chi connectivity index (χ3v) is 5.52. The van der Waals surface area contributed by atoms with Crippen molar-refractivity contribution in [2.45, 2.75) is 30.9 Å². The summed E-state index contributed by atoms with van der Waals surface area (Å²) in [4.78, 5) is 3.91. The van der Waals surface area contributed by atoms with Crippen LogP contribution < -0.4 is 0 Å². The second kappa shape index (κ2) is 7.19. The number of hydrogen-bond donors (Lipinski definition) is 3. The van der Waals surface area contributed by atoms with Gasteiger partial charge in [-0.2, -0.15) is 5.10 Å². The molecule has 1 aliphatic rings. The van der Waals surface area contributed by atoms with E-state index in [9.17, 15) is 15.3 Å². The minimum absolute atomic E-state index is 0.0668. The molecule has 1 aromatic heterocycles. The van der Waals surface area contributed by atoms with E-state index in [0.717, 1.165) is 18.4 Å². The molecule has 130 valence electrons. The van der Waals surface area contributed by atoms with E-state index < -0.39 is 11.6 Å². The monoisotopic (exact) mass is 351 g/mol. The predicted octanol–water partition coefficient (Wildman–Crippen LogP) is 1.24. The van der Waals surface area contributed by atoms with Crippen LogP contribution in [0.25, 0.3) is 0 Å². The Morgan fingerprint density at radius 2 is 1.88 bits per heavy atom. The molecule has 0 aliphatic heterocycles. The number of nitrogens with zero attached hydrogens (tertiary/aromatic N) is 3. The molecule has 0 spiro atoms. The topological polar surface area (TPSA) is 91.4 Å². The van der Waals surface area contributed by atoms with E-state index >= 15 is 0 Å². The third kappa shape index (κ3) is 3.07. The highest BCUT2D eigenvalue weighted by atomic mass is 35.5. The lowest BCUT2D eigenvalue weighted by molar-refractivity contribution is -0.0455. The second-order valence-corrected chi connectivity index (χ2v) is 6.96. The van der Waals surface area contributed by atoms with Crippen LogP contribution >= 0.6 is 11.6 Å². The molecule has 6 nitrogen and oxygen atoms in total. The predicted molar refractivity (Wildman–Crippen MR) is 89.5 cm³/mol. The van der Waals surface area contributed by atoms with Crippen LogP contribution in [0, 0.1) is 11.8 Å². The summed E-state index contributed by atoms with van der Waals surface area (Å²) in [5.41, 5.74) is 0.0773. The fraction of sp³-hybridized carbons (Fsp3) is 0.529. The molecule has 7 heteroatoms. The number of aromatic nitrogens is 3. The van der Waals surface area contributed by atoms with Gasteiger partial charge in [0.05, 0.1) is 19.3 Å². The summed E-state index contributed by atoms with van der Waals surface area (Å²) in [5, 5.41) is 35.5. The van der Waals surface area contributed by atoms with Crippen LogP contribution in [0.4, 0.5) is 0 Å². The van der Waals surface area contributed by atoms with Crippen LogP contribution in [0.3, 0.4) is 0 Å². The first-order chi connectivity index (χ1) is 11.6. The van der Waals surface area contributed by atoms with Crippen molar-refractivity contribution < 1.29 is 15.3 Å². The highest BCUT2D eigenvalue weighted by molar-refractivity contribution is 6.30. The maximum absolute atomic E-state index is 10.9. The van der Waals surface area contributed by atoms with Crippen molar-refractivity contribution >= 4 is 11.6 Å². The SMILES string of the molecule is OCC(CO)(C1CCC(Cc2ccc(Cl)cc2)C1O)n1cncn1. The van der Waals surface area contributed by atoms with Gasteiger partial charge in [0.25, 0.3) is 0 Å². The molecule has 3 rings (SSSR count). The summed E-state index contributed by atoms with van der Waals surface area (Å²) in [6.07, 6.45) is 4.48. The van der Waals surface area contributed by atoms with E-state index in [1.165, 1.54) is 17.3 Å². The lowest BCUT2D eigenvalue weighted by atomic mass is 9.80. The van der Waals surface area contributed by atoms with Crippen molar-refractivity contribution in [3.05, 3.63) is 47.5 Å². The summed E-state index contributed by atoms with van der Waals surface area (Å²) < 4.78 is 1.48. The molecule has 1 fully saturated rings. The van der Waals surface area contributed by atoms with E-state index in [1.807, 2.05) is 24.3 Å². The first kappa shape index (κ1) is 17.4. The van der Waals surface area contributed by atoms with Crippen LogP contribution in [-0.2, 0) is 12.0 Å². The van der Waals surface area contributed by atoms with E-state index in [2.05, 4.69) is 10.1 Å². The maximum Gasteiger partial charge on any atom is 0.137 e. The number of aliphatic hydroxyl groups excluding tert-OH is 3. The zero-order valence-corrected chi connectivity index (χ0v) is 14.0. The Morgan fingerprint density at radius 1 is 1.17 bits per heavy atom. The lowest BCUT2D eigenvalue weighted by Gasteiger charge is -2.38. The van der Waals surface area contributed by atoms with Gasteiger partial charge in [-0.25, -0.2) is 9.67 Å². The normalized spacial score (nSPS) is 24.4. The van der Waals surface area contributed by atoms with Gasteiger partial charge in [-0.3, -0.25) is 0 Å². The molecule has 1 heterocycles.